The summed E-state index contributed by atoms with van der Waals surface area (Å²) in [6.45, 7) is 4.72. The van der Waals surface area contributed by atoms with Crippen molar-refractivity contribution in [2.24, 2.45) is 5.73 Å². The third kappa shape index (κ3) is 5.83. The predicted molar refractivity (Wildman–Crippen MR) is 43.1 cm³/mol. The van der Waals surface area contributed by atoms with E-state index in [1.54, 1.807) is 0 Å². The Balaban J connectivity index is 3.59. The van der Waals surface area contributed by atoms with Gasteiger partial charge in [-0.2, -0.15) is 0 Å². The van der Waals surface area contributed by atoms with Crippen molar-refractivity contribution in [3.8, 4) is 0 Å². The minimum Gasteiger partial charge on any atom is -0.381 e. The molecule has 2 amide bonds. The Bertz CT molecular complexity index is 116. The maximum atomic E-state index is 10.3. The predicted octanol–water partition coefficient (Wildman–Crippen LogP) is -0.555. The molecule has 6 heteroatoms. The molecule has 0 heterocycles. The molecule has 11 heavy (non-hydrogen) atoms. The van der Waals surface area contributed by atoms with E-state index in [1.165, 1.54) is 0 Å². The zero-order valence-electron chi connectivity index (χ0n) is 6.79. The van der Waals surface area contributed by atoms with Crippen LogP contribution in [0.2, 0.25) is 0 Å². The summed E-state index contributed by atoms with van der Waals surface area (Å²) in [5.74, 6) is 0. The van der Waals surface area contributed by atoms with Crippen LogP contribution < -0.4 is 10.7 Å². The van der Waals surface area contributed by atoms with E-state index in [4.69, 9.17) is 14.6 Å². The van der Waals surface area contributed by atoms with Gasteiger partial charge in [0.25, 0.3) is 0 Å². The van der Waals surface area contributed by atoms with E-state index in [1.807, 2.05) is 13.8 Å². The Labute approximate surface area is 67.8 Å². The van der Waals surface area contributed by atoms with E-state index in [2.05, 4.69) is 4.98 Å². The summed E-state index contributed by atoms with van der Waals surface area (Å²) < 4.78 is 10.2. The summed E-state index contributed by atoms with van der Waals surface area (Å²) in [6, 6.07) is -0.594. The number of hydrogen-bond acceptors (Lipinski definition) is 3. The molecular formula is C5H14N2O3Si. The van der Waals surface area contributed by atoms with Crippen LogP contribution in [0.15, 0.2) is 0 Å². The van der Waals surface area contributed by atoms with E-state index in [-0.39, 0.29) is 0 Å². The molecule has 0 bridgehead atoms. The molecule has 0 aliphatic heterocycles. The number of urea groups is 1. The van der Waals surface area contributed by atoms with Gasteiger partial charge in [-0.1, -0.05) is 0 Å². The summed E-state index contributed by atoms with van der Waals surface area (Å²) in [4.78, 5) is 12.8. The highest BCUT2D eigenvalue weighted by Crippen LogP contribution is 1.84. The average molecular weight is 178 g/mol. The number of carbonyl (C=O) groups excluding carboxylic acids is 1. The summed E-state index contributed by atoms with van der Waals surface area (Å²) in [6.07, 6.45) is 0. The van der Waals surface area contributed by atoms with Crippen LogP contribution in [-0.4, -0.2) is 28.7 Å². The fourth-order valence-electron chi connectivity index (χ4n) is 0.550. The van der Waals surface area contributed by atoms with Gasteiger partial charge in [0.1, 0.15) is 0 Å². The molecule has 3 N–H and O–H groups in total. The van der Waals surface area contributed by atoms with Crippen LogP contribution >= 0.6 is 0 Å². The molecule has 0 aromatic carbocycles. The largest absolute Gasteiger partial charge is 0.443 e. The molecule has 0 aromatic heterocycles. The van der Waals surface area contributed by atoms with E-state index >= 15 is 0 Å². The molecule has 0 rings (SSSR count). The van der Waals surface area contributed by atoms with Gasteiger partial charge in [0.2, 0.25) is 0 Å². The molecule has 0 aliphatic carbocycles. The second-order valence-electron chi connectivity index (χ2n) is 1.75. The summed E-state index contributed by atoms with van der Waals surface area (Å²) in [5.41, 5.74) is 4.88. The highest BCUT2D eigenvalue weighted by Gasteiger charge is 2.13. The zero-order chi connectivity index (χ0) is 8.69. The van der Waals surface area contributed by atoms with Gasteiger partial charge in [0, 0.05) is 13.2 Å². The number of amides is 2. The van der Waals surface area contributed by atoms with Crippen molar-refractivity contribution >= 4 is 15.5 Å². The number of rotatable bonds is 5. The van der Waals surface area contributed by atoms with Crippen LogP contribution in [-0.2, 0) is 8.85 Å². The SMILES string of the molecule is CCO[SiH](NC(N)=O)OCC. The van der Waals surface area contributed by atoms with Crippen LogP contribution in [0, 0.1) is 0 Å². The number of primary amides is 1. The van der Waals surface area contributed by atoms with Crippen LogP contribution in [0.4, 0.5) is 4.79 Å². The maximum Gasteiger partial charge on any atom is 0.443 e. The lowest BCUT2D eigenvalue weighted by molar-refractivity contribution is 0.201. The van der Waals surface area contributed by atoms with E-state index < -0.39 is 15.5 Å². The van der Waals surface area contributed by atoms with Gasteiger partial charge in [0.05, 0.1) is 0 Å². The van der Waals surface area contributed by atoms with E-state index in [9.17, 15) is 4.79 Å². The molecule has 0 aromatic rings. The van der Waals surface area contributed by atoms with E-state index in [0.29, 0.717) is 13.2 Å². The molecule has 5 nitrogen and oxygen atoms in total. The highest BCUT2D eigenvalue weighted by molar-refractivity contribution is 6.45. The normalized spacial score (nSPS) is 10.1. The number of hydrogen-bond donors (Lipinski definition) is 2. The van der Waals surface area contributed by atoms with Crippen LogP contribution in [0.1, 0.15) is 13.8 Å². The van der Waals surface area contributed by atoms with Crippen molar-refractivity contribution in [3.63, 3.8) is 0 Å². The van der Waals surface area contributed by atoms with Gasteiger partial charge in [-0.05, 0) is 13.8 Å². The lowest BCUT2D eigenvalue weighted by Gasteiger charge is -2.13. The van der Waals surface area contributed by atoms with Crippen molar-refractivity contribution in [1.29, 1.82) is 0 Å². The molecule has 66 valence electrons. The number of nitrogens with one attached hydrogen (secondary N) is 1. The van der Waals surface area contributed by atoms with Gasteiger partial charge < -0.3 is 19.6 Å². The van der Waals surface area contributed by atoms with Crippen molar-refractivity contribution in [1.82, 2.24) is 4.98 Å². The molecule has 0 unspecified atom stereocenters. The van der Waals surface area contributed by atoms with Crippen LogP contribution in [0.3, 0.4) is 0 Å². The topological polar surface area (TPSA) is 73.6 Å². The van der Waals surface area contributed by atoms with Gasteiger partial charge >= 0.3 is 15.5 Å². The lowest BCUT2D eigenvalue weighted by atomic mass is 10.9. The Kier molecular flexibility index (Phi) is 5.81. The summed E-state index contributed by atoms with van der Waals surface area (Å²) >= 11 is 0. The fourth-order valence-corrected chi connectivity index (χ4v) is 1.65. The van der Waals surface area contributed by atoms with Crippen molar-refractivity contribution < 1.29 is 13.6 Å². The molecule has 0 spiro atoms. The van der Waals surface area contributed by atoms with Gasteiger partial charge in [-0.15, -0.1) is 0 Å². The second kappa shape index (κ2) is 6.14. The Hall–Kier alpha value is -0.593. The monoisotopic (exact) mass is 178 g/mol. The molecule has 0 saturated carbocycles. The number of carbonyl (C=O) groups is 1. The zero-order valence-corrected chi connectivity index (χ0v) is 7.95. The molecule has 0 saturated heterocycles. The van der Waals surface area contributed by atoms with Crippen LogP contribution in [0.25, 0.3) is 0 Å². The summed E-state index contributed by atoms with van der Waals surface area (Å²) in [7, 11) is -2.02. The Morgan fingerprint density at radius 1 is 1.45 bits per heavy atom. The lowest BCUT2D eigenvalue weighted by Crippen LogP contribution is -2.46. The first kappa shape index (κ1) is 10.4. The van der Waals surface area contributed by atoms with Gasteiger partial charge in [0.15, 0.2) is 0 Å². The van der Waals surface area contributed by atoms with Crippen molar-refractivity contribution in [2.45, 2.75) is 13.8 Å². The van der Waals surface area contributed by atoms with Gasteiger partial charge in [-0.25, -0.2) is 4.79 Å². The molecule has 0 aliphatic rings. The fraction of sp³-hybridized carbons (Fsp3) is 0.800. The highest BCUT2D eigenvalue weighted by atomic mass is 28.3. The molecular weight excluding hydrogens is 164 g/mol. The van der Waals surface area contributed by atoms with E-state index in [0.717, 1.165) is 0 Å². The molecule has 0 atom stereocenters. The van der Waals surface area contributed by atoms with Gasteiger partial charge in [-0.3, -0.25) is 0 Å². The van der Waals surface area contributed by atoms with Crippen molar-refractivity contribution in [3.05, 3.63) is 0 Å². The first-order chi connectivity index (χ1) is 5.20. The molecule has 0 radical (unpaired) electrons. The van der Waals surface area contributed by atoms with Crippen LogP contribution in [0.5, 0.6) is 0 Å². The third-order valence-corrected chi connectivity index (χ3v) is 2.69. The third-order valence-electron chi connectivity index (χ3n) is 0.896. The Morgan fingerprint density at radius 2 is 1.91 bits per heavy atom. The first-order valence-corrected chi connectivity index (χ1v) is 5.01. The minimum atomic E-state index is -2.02. The summed E-state index contributed by atoms with van der Waals surface area (Å²) in [5, 5.41) is 0. The number of nitrogens with two attached hydrogens (primary N) is 1. The van der Waals surface area contributed by atoms with Crippen molar-refractivity contribution in [2.75, 3.05) is 13.2 Å². The minimum absolute atomic E-state index is 0.525. The smallest absolute Gasteiger partial charge is 0.381 e. The second-order valence-corrected chi connectivity index (χ2v) is 3.37. The molecule has 0 fully saturated rings. The average Bonchev–Trinajstić information content (AvgIpc) is 1.87. The maximum absolute atomic E-state index is 10.3. The quantitative estimate of drug-likeness (QED) is 0.554. The Morgan fingerprint density at radius 3 is 2.18 bits per heavy atom. The standard InChI is InChI=1S/C5H14N2O3Si/c1-3-9-11(10-4-2)7-5(6)8/h11H,3-4H2,1-2H3,(H3,6,7,8). The first-order valence-electron chi connectivity index (χ1n) is 3.49.